The van der Waals surface area contributed by atoms with E-state index in [9.17, 15) is 20.1 Å². The first kappa shape index (κ1) is 17.1. The van der Waals surface area contributed by atoms with Gasteiger partial charge in [-0.2, -0.15) is 0 Å². The van der Waals surface area contributed by atoms with Crippen LogP contribution in [0.15, 0.2) is 18.2 Å². The fourth-order valence-electron chi connectivity index (χ4n) is 4.53. The zero-order valence-electron chi connectivity index (χ0n) is 14.5. The molecule has 1 aromatic rings. The third kappa shape index (κ3) is 2.55. The molecule has 4 atom stereocenters. The van der Waals surface area contributed by atoms with Crippen molar-refractivity contribution in [1.29, 1.82) is 0 Å². The molecule has 5 heteroatoms. The Morgan fingerprint density at radius 1 is 1.29 bits per heavy atom. The van der Waals surface area contributed by atoms with Crippen LogP contribution in [0.5, 0.6) is 11.5 Å². The van der Waals surface area contributed by atoms with Crippen molar-refractivity contribution in [3.8, 4) is 11.5 Å². The number of phenols is 2. The van der Waals surface area contributed by atoms with Gasteiger partial charge in [0.15, 0.2) is 17.6 Å². The highest BCUT2D eigenvalue weighted by atomic mass is 16.6. The SMILES string of the molecule is CC1(C)[C@@H]2CC[C@@]1(C)[C@@H](OC(=O)[C@H](O)Cc1ccc(O)c(O)c1)C2. The number of aliphatic hydroxyl groups is 1. The average Bonchev–Trinajstić information content (AvgIpc) is 2.84. The van der Waals surface area contributed by atoms with Gasteiger partial charge in [0.2, 0.25) is 0 Å². The van der Waals surface area contributed by atoms with Crippen molar-refractivity contribution in [3.63, 3.8) is 0 Å². The molecule has 5 nitrogen and oxygen atoms in total. The van der Waals surface area contributed by atoms with Crippen LogP contribution >= 0.6 is 0 Å². The number of hydrogen-bond donors (Lipinski definition) is 3. The zero-order valence-corrected chi connectivity index (χ0v) is 14.5. The minimum Gasteiger partial charge on any atom is -0.504 e. The Kier molecular flexibility index (Phi) is 4.03. The highest BCUT2D eigenvalue weighted by Gasteiger charge is 2.63. The fraction of sp³-hybridized carbons (Fsp3) is 0.632. The van der Waals surface area contributed by atoms with Crippen molar-refractivity contribution in [1.82, 2.24) is 0 Å². The number of benzene rings is 1. The summed E-state index contributed by atoms with van der Waals surface area (Å²) in [7, 11) is 0. The lowest BCUT2D eigenvalue weighted by Crippen LogP contribution is -2.40. The second-order valence-corrected chi connectivity index (χ2v) is 8.08. The number of phenolic OH excluding ortho intramolecular Hbond substituents is 2. The number of aliphatic hydroxyl groups excluding tert-OH is 1. The average molecular weight is 334 g/mol. The summed E-state index contributed by atoms with van der Waals surface area (Å²) in [6.45, 7) is 6.67. The van der Waals surface area contributed by atoms with Gasteiger partial charge < -0.3 is 20.1 Å². The van der Waals surface area contributed by atoms with E-state index in [2.05, 4.69) is 20.8 Å². The van der Waals surface area contributed by atoms with Crippen molar-refractivity contribution in [2.45, 2.75) is 58.7 Å². The Morgan fingerprint density at radius 2 is 2.00 bits per heavy atom. The molecule has 2 saturated carbocycles. The molecule has 0 aliphatic heterocycles. The molecule has 2 aliphatic carbocycles. The Hall–Kier alpha value is -1.75. The van der Waals surface area contributed by atoms with Crippen LogP contribution in [-0.2, 0) is 16.0 Å². The predicted molar refractivity (Wildman–Crippen MR) is 88.6 cm³/mol. The number of ether oxygens (including phenoxy) is 1. The second-order valence-electron chi connectivity index (χ2n) is 8.08. The van der Waals surface area contributed by atoms with E-state index in [0.717, 1.165) is 12.8 Å². The van der Waals surface area contributed by atoms with Crippen molar-refractivity contribution >= 4 is 5.97 Å². The first-order valence-electron chi connectivity index (χ1n) is 8.54. The lowest BCUT2D eigenvalue weighted by atomic mass is 9.70. The molecule has 0 amide bonds. The maximum absolute atomic E-state index is 12.3. The van der Waals surface area contributed by atoms with Gasteiger partial charge in [0.1, 0.15) is 6.10 Å². The van der Waals surface area contributed by atoms with Crippen LogP contribution in [0, 0.1) is 16.7 Å². The number of aromatic hydroxyl groups is 2. The molecular formula is C19H26O5. The third-order valence-corrected chi connectivity index (χ3v) is 6.71. The molecule has 0 heterocycles. The van der Waals surface area contributed by atoms with E-state index in [1.165, 1.54) is 18.6 Å². The van der Waals surface area contributed by atoms with Crippen LogP contribution in [0.3, 0.4) is 0 Å². The molecule has 0 spiro atoms. The van der Waals surface area contributed by atoms with Crippen molar-refractivity contribution in [2.24, 2.45) is 16.7 Å². The standard InChI is InChI=1S/C19H26O5/c1-18(2)12-6-7-19(18,3)16(10-12)24-17(23)15(22)9-11-4-5-13(20)14(21)8-11/h4-5,8,12,15-16,20-22H,6-7,9-10H2,1-3H3/t12-,15-,16+,19+/m1/s1. The monoisotopic (exact) mass is 334 g/mol. The van der Waals surface area contributed by atoms with Crippen LogP contribution < -0.4 is 0 Å². The smallest absolute Gasteiger partial charge is 0.335 e. The molecule has 0 aromatic heterocycles. The number of rotatable bonds is 4. The quantitative estimate of drug-likeness (QED) is 0.582. The summed E-state index contributed by atoms with van der Waals surface area (Å²) in [6.07, 6.45) is 1.70. The van der Waals surface area contributed by atoms with Crippen LogP contribution in [0.25, 0.3) is 0 Å². The molecule has 3 rings (SSSR count). The largest absolute Gasteiger partial charge is 0.504 e. The summed E-state index contributed by atoms with van der Waals surface area (Å²) in [6, 6.07) is 4.24. The topological polar surface area (TPSA) is 87.0 Å². The molecule has 0 radical (unpaired) electrons. The zero-order chi connectivity index (χ0) is 17.7. The third-order valence-electron chi connectivity index (χ3n) is 6.71. The Bertz CT molecular complexity index is 653. The van der Waals surface area contributed by atoms with Gasteiger partial charge in [-0.15, -0.1) is 0 Å². The van der Waals surface area contributed by atoms with Gasteiger partial charge >= 0.3 is 5.97 Å². The molecule has 0 saturated heterocycles. The molecule has 2 fully saturated rings. The number of hydrogen-bond acceptors (Lipinski definition) is 5. The number of fused-ring (bicyclic) bond motifs is 2. The molecule has 24 heavy (non-hydrogen) atoms. The molecular weight excluding hydrogens is 308 g/mol. The van der Waals surface area contributed by atoms with Gasteiger partial charge in [-0.25, -0.2) is 4.79 Å². The number of carbonyl (C=O) groups excluding carboxylic acids is 1. The van der Waals surface area contributed by atoms with Gasteiger partial charge in [0.05, 0.1) is 0 Å². The normalized spacial score (nSPS) is 31.8. The van der Waals surface area contributed by atoms with Crippen LogP contribution in [0.1, 0.15) is 45.6 Å². The highest BCUT2D eigenvalue weighted by molar-refractivity contribution is 5.75. The predicted octanol–water partition coefficient (Wildman–Crippen LogP) is 2.76. The highest BCUT2D eigenvalue weighted by Crippen LogP contribution is 2.66. The molecule has 2 aliphatic rings. The minimum atomic E-state index is -1.28. The Balaban J connectivity index is 1.64. The van der Waals surface area contributed by atoms with E-state index >= 15 is 0 Å². The minimum absolute atomic E-state index is 0.0378. The van der Waals surface area contributed by atoms with Gasteiger partial charge in [0, 0.05) is 11.8 Å². The maximum atomic E-state index is 12.3. The van der Waals surface area contributed by atoms with Crippen LogP contribution in [-0.4, -0.2) is 33.5 Å². The van der Waals surface area contributed by atoms with E-state index in [0.29, 0.717) is 11.5 Å². The number of carbonyl (C=O) groups is 1. The molecule has 0 unspecified atom stereocenters. The lowest BCUT2D eigenvalue weighted by molar-refractivity contribution is -0.166. The van der Waals surface area contributed by atoms with Crippen molar-refractivity contribution in [2.75, 3.05) is 0 Å². The molecule has 132 valence electrons. The van der Waals surface area contributed by atoms with Crippen molar-refractivity contribution < 1.29 is 24.9 Å². The van der Waals surface area contributed by atoms with Crippen LogP contribution in [0.4, 0.5) is 0 Å². The first-order chi connectivity index (χ1) is 11.1. The van der Waals surface area contributed by atoms with Gasteiger partial charge in [-0.05, 0) is 48.3 Å². The van der Waals surface area contributed by atoms with Crippen molar-refractivity contribution in [3.05, 3.63) is 23.8 Å². The summed E-state index contributed by atoms with van der Waals surface area (Å²) in [4.78, 5) is 12.3. The van der Waals surface area contributed by atoms with E-state index in [1.807, 2.05) is 0 Å². The summed E-state index contributed by atoms with van der Waals surface area (Å²) in [5, 5.41) is 29.0. The van der Waals surface area contributed by atoms with Gasteiger partial charge in [0.25, 0.3) is 0 Å². The first-order valence-corrected chi connectivity index (χ1v) is 8.54. The molecule has 2 bridgehead atoms. The lowest BCUT2D eigenvalue weighted by Gasteiger charge is -2.38. The molecule has 3 N–H and O–H groups in total. The van der Waals surface area contributed by atoms with E-state index < -0.39 is 12.1 Å². The van der Waals surface area contributed by atoms with Gasteiger partial charge in [-0.3, -0.25) is 0 Å². The summed E-state index contributed by atoms with van der Waals surface area (Å²) in [5.74, 6) is -0.549. The van der Waals surface area contributed by atoms with E-state index in [-0.39, 0.29) is 34.9 Å². The molecule has 1 aromatic carbocycles. The Labute approximate surface area is 142 Å². The van der Waals surface area contributed by atoms with Gasteiger partial charge in [-0.1, -0.05) is 26.8 Å². The fourth-order valence-corrected chi connectivity index (χ4v) is 4.53. The number of esters is 1. The van der Waals surface area contributed by atoms with E-state index in [1.54, 1.807) is 6.07 Å². The van der Waals surface area contributed by atoms with E-state index in [4.69, 9.17) is 4.74 Å². The summed E-state index contributed by atoms with van der Waals surface area (Å²) < 4.78 is 5.67. The second kappa shape index (κ2) is 5.66. The summed E-state index contributed by atoms with van der Waals surface area (Å²) in [5.41, 5.74) is 0.671. The van der Waals surface area contributed by atoms with Crippen LogP contribution in [0.2, 0.25) is 0 Å². The maximum Gasteiger partial charge on any atom is 0.335 e. The Morgan fingerprint density at radius 3 is 2.54 bits per heavy atom. The summed E-state index contributed by atoms with van der Waals surface area (Å²) >= 11 is 0.